The predicted octanol–water partition coefficient (Wildman–Crippen LogP) is -0.794. The molecule has 0 aromatic heterocycles. The van der Waals surface area contributed by atoms with E-state index in [2.05, 4.69) is 0 Å². The summed E-state index contributed by atoms with van der Waals surface area (Å²) >= 11 is 0. The Morgan fingerprint density at radius 2 is 1.56 bits per heavy atom. The maximum Gasteiger partial charge on any atom is 0.573 e. The Kier molecular flexibility index (Phi) is 1.67. The molecule has 0 aliphatic rings. The third kappa shape index (κ3) is 1.32. The standard InChI is InChI=1S/C2H4N2O5/c1-2(5,3(6)7)4(8)9/h5H,1H3. The lowest BCUT2D eigenvalue weighted by molar-refractivity contribution is -0.842. The lowest BCUT2D eigenvalue weighted by Gasteiger charge is -2.01. The van der Waals surface area contributed by atoms with E-state index in [1.807, 2.05) is 0 Å². The minimum Gasteiger partial charge on any atom is -0.269 e. The number of aliphatic hydroxyl groups is 1. The molecule has 0 fully saturated rings. The van der Waals surface area contributed by atoms with E-state index in [4.69, 9.17) is 5.11 Å². The van der Waals surface area contributed by atoms with Crippen LogP contribution in [-0.2, 0) is 0 Å². The van der Waals surface area contributed by atoms with Crippen LogP contribution >= 0.6 is 0 Å². The molecule has 52 valence electrons. The summed E-state index contributed by atoms with van der Waals surface area (Å²) in [7, 11) is 0. The highest BCUT2D eigenvalue weighted by molar-refractivity contribution is 4.35. The molecule has 0 amide bonds. The second kappa shape index (κ2) is 1.94. The Labute approximate surface area is 49.2 Å². The molecular weight excluding hydrogens is 132 g/mol. The topological polar surface area (TPSA) is 107 Å². The largest absolute Gasteiger partial charge is 0.573 e. The average molecular weight is 136 g/mol. The Morgan fingerprint density at radius 1 is 1.33 bits per heavy atom. The van der Waals surface area contributed by atoms with Crippen LogP contribution in [-0.4, -0.2) is 20.8 Å². The quantitative estimate of drug-likeness (QED) is 0.304. The number of rotatable bonds is 2. The fraction of sp³-hybridized carbons (Fsp3) is 1.00. The third-order valence-electron chi connectivity index (χ3n) is 0.692. The molecule has 0 bridgehead atoms. The zero-order valence-electron chi connectivity index (χ0n) is 4.47. The van der Waals surface area contributed by atoms with E-state index in [-0.39, 0.29) is 0 Å². The van der Waals surface area contributed by atoms with Crippen molar-refractivity contribution >= 4 is 0 Å². The third-order valence-corrected chi connectivity index (χ3v) is 0.692. The summed E-state index contributed by atoms with van der Waals surface area (Å²) < 4.78 is 0. The van der Waals surface area contributed by atoms with Gasteiger partial charge in [-0.05, 0) is 0 Å². The van der Waals surface area contributed by atoms with Crippen molar-refractivity contribution in [3.63, 3.8) is 0 Å². The van der Waals surface area contributed by atoms with E-state index in [0.717, 1.165) is 0 Å². The van der Waals surface area contributed by atoms with Gasteiger partial charge in [-0.15, -0.1) is 0 Å². The molecule has 0 radical (unpaired) electrons. The van der Waals surface area contributed by atoms with Crippen molar-refractivity contribution in [2.45, 2.75) is 12.8 Å². The summed E-state index contributed by atoms with van der Waals surface area (Å²) in [4.78, 5) is 16.4. The van der Waals surface area contributed by atoms with Gasteiger partial charge in [0.25, 0.3) is 0 Å². The minimum atomic E-state index is -3.06. The summed E-state index contributed by atoms with van der Waals surface area (Å²) in [5, 5.41) is 27.4. The Hall–Kier alpha value is -1.24. The maximum atomic E-state index is 9.58. The van der Waals surface area contributed by atoms with Crippen LogP contribution in [0.2, 0.25) is 0 Å². The number of nitrogens with zero attached hydrogens (tertiary/aromatic N) is 2. The van der Waals surface area contributed by atoms with Gasteiger partial charge >= 0.3 is 5.85 Å². The number of hydrogen-bond acceptors (Lipinski definition) is 5. The normalized spacial score (nSPS) is 10.9. The first-order valence-corrected chi connectivity index (χ1v) is 1.90. The molecule has 0 atom stereocenters. The van der Waals surface area contributed by atoms with Crippen LogP contribution in [0.1, 0.15) is 6.92 Å². The van der Waals surface area contributed by atoms with Gasteiger partial charge in [-0.25, -0.2) is 0 Å². The van der Waals surface area contributed by atoms with Crippen LogP contribution in [0.3, 0.4) is 0 Å². The Morgan fingerprint density at radius 3 is 1.56 bits per heavy atom. The molecule has 1 N–H and O–H groups in total. The minimum absolute atomic E-state index is 0.493. The first kappa shape index (κ1) is 7.76. The van der Waals surface area contributed by atoms with E-state index >= 15 is 0 Å². The SMILES string of the molecule is CC(O)([N+](=O)[O-])[N+](=O)[O-]. The van der Waals surface area contributed by atoms with Crippen molar-refractivity contribution in [1.82, 2.24) is 0 Å². The van der Waals surface area contributed by atoms with E-state index in [1.165, 1.54) is 0 Å². The zero-order chi connectivity index (χ0) is 7.65. The summed E-state index contributed by atoms with van der Waals surface area (Å²) in [6.45, 7) is 0.493. The van der Waals surface area contributed by atoms with Crippen molar-refractivity contribution in [1.29, 1.82) is 0 Å². The summed E-state index contributed by atoms with van der Waals surface area (Å²) in [6.07, 6.45) is 0. The molecular formula is C2H4N2O5. The van der Waals surface area contributed by atoms with Gasteiger partial charge in [-0.1, -0.05) is 0 Å². The maximum absolute atomic E-state index is 9.58. The van der Waals surface area contributed by atoms with Crippen LogP contribution in [0.25, 0.3) is 0 Å². The van der Waals surface area contributed by atoms with Crippen LogP contribution in [0.15, 0.2) is 0 Å². The first-order chi connectivity index (χ1) is 3.89. The van der Waals surface area contributed by atoms with E-state index in [9.17, 15) is 20.2 Å². The molecule has 0 aliphatic heterocycles. The zero-order valence-corrected chi connectivity index (χ0v) is 4.47. The van der Waals surface area contributed by atoms with Gasteiger partial charge in [-0.2, -0.15) is 0 Å². The van der Waals surface area contributed by atoms with Gasteiger partial charge in [0.2, 0.25) is 0 Å². The van der Waals surface area contributed by atoms with E-state index in [0.29, 0.717) is 6.92 Å². The van der Waals surface area contributed by atoms with Crippen LogP contribution in [0.4, 0.5) is 0 Å². The Balaban J connectivity index is 4.38. The van der Waals surface area contributed by atoms with Gasteiger partial charge in [0.15, 0.2) is 0 Å². The summed E-state index contributed by atoms with van der Waals surface area (Å²) in [5.41, 5.74) is 0. The highest BCUT2D eigenvalue weighted by Crippen LogP contribution is 2.02. The number of nitro groups is 2. The summed E-state index contributed by atoms with van der Waals surface area (Å²) in [5.74, 6) is -3.06. The fourth-order valence-electron chi connectivity index (χ4n) is 0.0667. The highest BCUT2D eigenvalue weighted by Gasteiger charge is 2.48. The molecule has 0 aromatic carbocycles. The van der Waals surface area contributed by atoms with Crippen molar-refractivity contribution in [2.24, 2.45) is 0 Å². The molecule has 9 heavy (non-hydrogen) atoms. The molecule has 7 nitrogen and oxygen atoms in total. The van der Waals surface area contributed by atoms with Gasteiger partial charge in [0.05, 0.1) is 0 Å². The molecule has 0 saturated heterocycles. The first-order valence-electron chi connectivity index (χ1n) is 1.90. The second-order valence-electron chi connectivity index (χ2n) is 1.49. The molecule has 0 unspecified atom stereocenters. The van der Waals surface area contributed by atoms with Crippen LogP contribution in [0.5, 0.6) is 0 Å². The predicted molar refractivity (Wildman–Crippen MR) is 24.6 cm³/mol. The monoisotopic (exact) mass is 136 g/mol. The van der Waals surface area contributed by atoms with Gasteiger partial charge in [-0.3, -0.25) is 25.3 Å². The smallest absolute Gasteiger partial charge is 0.269 e. The van der Waals surface area contributed by atoms with Gasteiger partial charge < -0.3 is 0 Å². The fourth-order valence-corrected chi connectivity index (χ4v) is 0.0667. The molecule has 0 spiro atoms. The second-order valence-corrected chi connectivity index (χ2v) is 1.49. The van der Waals surface area contributed by atoms with Crippen molar-refractivity contribution in [3.8, 4) is 0 Å². The molecule has 0 aromatic rings. The lowest BCUT2D eigenvalue weighted by atomic mass is 10.5. The van der Waals surface area contributed by atoms with Crippen LogP contribution < -0.4 is 0 Å². The lowest BCUT2D eigenvalue weighted by Crippen LogP contribution is -2.42. The number of hydrogen-bond donors (Lipinski definition) is 1. The van der Waals surface area contributed by atoms with Gasteiger partial charge in [0, 0.05) is 0 Å². The molecule has 0 heterocycles. The van der Waals surface area contributed by atoms with Crippen LogP contribution in [0, 0.1) is 20.2 Å². The van der Waals surface area contributed by atoms with Gasteiger partial charge in [0.1, 0.15) is 16.8 Å². The van der Waals surface area contributed by atoms with E-state index in [1.54, 1.807) is 0 Å². The summed E-state index contributed by atoms with van der Waals surface area (Å²) in [6, 6.07) is 0. The van der Waals surface area contributed by atoms with Crippen molar-refractivity contribution in [3.05, 3.63) is 20.2 Å². The molecule has 0 aliphatic carbocycles. The Bertz CT molecular complexity index is 135. The highest BCUT2D eigenvalue weighted by atomic mass is 16.7. The molecule has 0 rings (SSSR count). The molecule has 0 saturated carbocycles. The molecule has 7 heteroatoms. The van der Waals surface area contributed by atoms with E-state index < -0.39 is 15.7 Å². The van der Waals surface area contributed by atoms with Crippen molar-refractivity contribution < 1.29 is 15.0 Å². The van der Waals surface area contributed by atoms with Crippen molar-refractivity contribution in [2.75, 3.05) is 0 Å². The average Bonchev–Trinajstić information content (AvgIpc) is 1.65.